The van der Waals surface area contributed by atoms with E-state index in [9.17, 15) is 4.79 Å². The lowest BCUT2D eigenvalue weighted by Crippen LogP contribution is -2.45. The number of allylic oxidation sites excluding steroid dienone is 1. The van der Waals surface area contributed by atoms with E-state index in [-0.39, 0.29) is 17.2 Å². The van der Waals surface area contributed by atoms with Gasteiger partial charge in [0, 0.05) is 25.6 Å². The summed E-state index contributed by atoms with van der Waals surface area (Å²) < 4.78 is 0. The molecular weight excluding hydrogens is 452 g/mol. The maximum absolute atomic E-state index is 12.8. The van der Waals surface area contributed by atoms with Crippen LogP contribution in [0.15, 0.2) is 11.6 Å². The predicted molar refractivity (Wildman–Crippen MR) is 144 cm³/mol. The molecule has 1 amide bonds. The summed E-state index contributed by atoms with van der Waals surface area (Å²) in [4.78, 5) is 12.8. The van der Waals surface area contributed by atoms with Crippen LogP contribution >= 0.6 is 11.3 Å². The number of carbonyl (C=O) groups is 1. The van der Waals surface area contributed by atoms with Crippen LogP contribution in [0.25, 0.3) is 0 Å². The van der Waals surface area contributed by atoms with E-state index in [4.69, 9.17) is 5.10 Å². The fourth-order valence-corrected chi connectivity index (χ4v) is 10.1. The predicted octanol–water partition coefficient (Wildman–Crippen LogP) is 6.65. The van der Waals surface area contributed by atoms with Gasteiger partial charge in [-0.1, -0.05) is 65.2 Å². The Labute approximate surface area is 216 Å². The van der Waals surface area contributed by atoms with E-state index in [1.165, 1.54) is 50.5 Å². The molecule has 8 atom stereocenters. The molecule has 35 heavy (non-hydrogen) atoms. The molecule has 0 bridgehead atoms. The summed E-state index contributed by atoms with van der Waals surface area (Å²) in [5.41, 5.74) is 1.82. The lowest BCUT2D eigenvalue weighted by atomic mass is 9.54. The monoisotopic (exact) mass is 498 g/mol. The summed E-state index contributed by atoms with van der Waals surface area (Å²) in [7, 11) is 1.92. The SMILES string of the molecule is CNc1nnc([C@H]2C3=CC(=O)NCC[C@]3(C)[C@H]3CC[C@]4(C)[C@@H]([C@H](C)CCCC(C)C)CC[C@H]4[C@H]23)s1. The number of hydrogen-bond donors (Lipinski definition) is 2. The van der Waals surface area contributed by atoms with Gasteiger partial charge in [0.2, 0.25) is 11.0 Å². The zero-order valence-corrected chi connectivity index (χ0v) is 23.5. The maximum atomic E-state index is 12.8. The molecule has 0 saturated heterocycles. The van der Waals surface area contributed by atoms with Gasteiger partial charge in [0.05, 0.1) is 0 Å². The lowest BCUT2D eigenvalue weighted by Gasteiger charge is -2.51. The normalized spacial score (nSPS) is 39.3. The summed E-state index contributed by atoms with van der Waals surface area (Å²) in [5.74, 6) is 4.63. The van der Waals surface area contributed by atoms with Crippen LogP contribution in [-0.2, 0) is 4.79 Å². The molecule has 0 spiro atoms. The largest absolute Gasteiger partial charge is 0.363 e. The molecule has 5 nitrogen and oxygen atoms in total. The highest BCUT2D eigenvalue weighted by Crippen LogP contribution is 2.72. The van der Waals surface area contributed by atoms with Gasteiger partial charge in [-0.3, -0.25) is 4.79 Å². The molecule has 4 aliphatic rings. The number of amides is 1. The molecule has 194 valence electrons. The minimum absolute atomic E-state index is 0.0717. The summed E-state index contributed by atoms with van der Waals surface area (Å²) >= 11 is 1.70. The fraction of sp³-hybridized carbons (Fsp3) is 0.828. The molecule has 1 aliphatic heterocycles. The van der Waals surface area contributed by atoms with E-state index in [0.717, 1.165) is 40.9 Å². The first-order valence-electron chi connectivity index (χ1n) is 14.2. The van der Waals surface area contributed by atoms with Gasteiger partial charge in [-0.25, -0.2) is 0 Å². The Bertz CT molecular complexity index is 972. The van der Waals surface area contributed by atoms with Gasteiger partial charge in [0.15, 0.2) is 0 Å². The number of anilines is 1. The van der Waals surface area contributed by atoms with E-state index >= 15 is 0 Å². The van der Waals surface area contributed by atoms with E-state index in [1.807, 2.05) is 13.1 Å². The molecule has 2 N–H and O–H groups in total. The number of carbonyl (C=O) groups excluding carboxylic acids is 1. The van der Waals surface area contributed by atoms with Crippen molar-refractivity contribution in [1.82, 2.24) is 15.5 Å². The maximum Gasteiger partial charge on any atom is 0.243 e. The first-order chi connectivity index (χ1) is 16.7. The number of nitrogens with one attached hydrogen (secondary N) is 2. The molecule has 6 heteroatoms. The highest BCUT2D eigenvalue weighted by Gasteiger charge is 2.65. The van der Waals surface area contributed by atoms with Crippen LogP contribution < -0.4 is 10.6 Å². The molecule has 1 aromatic rings. The lowest BCUT2D eigenvalue weighted by molar-refractivity contribution is -0.116. The molecule has 5 rings (SSSR count). The van der Waals surface area contributed by atoms with Crippen LogP contribution in [0, 0.1) is 46.3 Å². The zero-order chi connectivity index (χ0) is 25.0. The molecule has 2 heterocycles. The van der Waals surface area contributed by atoms with Gasteiger partial charge in [0.25, 0.3) is 0 Å². The molecule has 1 aromatic heterocycles. The third kappa shape index (κ3) is 4.16. The summed E-state index contributed by atoms with van der Waals surface area (Å²) in [6.45, 7) is 13.1. The quantitative estimate of drug-likeness (QED) is 0.442. The highest BCUT2D eigenvalue weighted by molar-refractivity contribution is 7.15. The number of aromatic nitrogens is 2. The average Bonchev–Trinajstić information content (AvgIpc) is 3.44. The van der Waals surface area contributed by atoms with Crippen molar-refractivity contribution in [3.05, 3.63) is 16.7 Å². The van der Waals surface area contributed by atoms with E-state index in [0.29, 0.717) is 23.2 Å². The summed E-state index contributed by atoms with van der Waals surface area (Å²) in [5, 5.41) is 17.5. The first-order valence-corrected chi connectivity index (χ1v) is 15.0. The Morgan fingerprint density at radius 1 is 1.11 bits per heavy atom. The van der Waals surface area contributed by atoms with Crippen molar-refractivity contribution in [3.63, 3.8) is 0 Å². The molecule has 3 fully saturated rings. The smallest absolute Gasteiger partial charge is 0.243 e. The minimum Gasteiger partial charge on any atom is -0.363 e. The third-order valence-corrected chi connectivity index (χ3v) is 11.9. The van der Waals surface area contributed by atoms with E-state index in [2.05, 4.69) is 50.4 Å². The van der Waals surface area contributed by atoms with Crippen LogP contribution in [0.1, 0.15) is 96.9 Å². The molecule has 0 radical (unpaired) electrons. The molecule has 3 saturated carbocycles. The zero-order valence-electron chi connectivity index (χ0n) is 22.7. The molecular formula is C29H46N4OS. The Balaban J connectivity index is 1.50. The van der Waals surface area contributed by atoms with Gasteiger partial charge >= 0.3 is 0 Å². The topological polar surface area (TPSA) is 66.9 Å². The van der Waals surface area contributed by atoms with Crippen molar-refractivity contribution >= 4 is 22.4 Å². The standard InChI is InChI=1S/C29H46N4OS/c1-17(2)8-7-9-18(3)19-10-11-20-24-21(12-13-28(19,20)4)29(5)14-15-31-23(34)16-22(29)25(24)26-32-33-27(30-6)35-26/h16-21,24-25H,7-15H2,1-6H3,(H,30,33)(H,31,34)/t18-,19-,20+,21+,24+,25+,28-,29-/m1/s1. The first kappa shape index (κ1) is 25.2. The Kier molecular flexibility index (Phi) is 6.82. The second kappa shape index (κ2) is 9.46. The highest BCUT2D eigenvalue weighted by atomic mass is 32.1. The van der Waals surface area contributed by atoms with Gasteiger partial charge in [-0.15, -0.1) is 10.2 Å². The summed E-state index contributed by atoms with van der Waals surface area (Å²) in [6.07, 6.45) is 12.4. The number of nitrogens with zero attached hydrogens (tertiary/aromatic N) is 2. The fourth-order valence-electron chi connectivity index (χ4n) is 9.19. The van der Waals surface area contributed by atoms with Crippen LogP contribution in [0.5, 0.6) is 0 Å². The van der Waals surface area contributed by atoms with Crippen LogP contribution in [0.4, 0.5) is 5.13 Å². The number of fused-ring (bicyclic) bond motifs is 5. The van der Waals surface area contributed by atoms with E-state index < -0.39 is 0 Å². The van der Waals surface area contributed by atoms with Crippen molar-refractivity contribution in [1.29, 1.82) is 0 Å². The van der Waals surface area contributed by atoms with Gasteiger partial charge in [-0.05, 0) is 84.0 Å². The van der Waals surface area contributed by atoms with Crippen molar-refractivity contribution in [2.75, 3.05) is 18.9 Å². The number of rotatable bonds is 7. The average molecular weight is 499 g/mol. The minimum atomic E-state index is 0.0717. The molecule has 0 aromatic carbocycles. The van der Waals surface area contributed by atoms with Crippen molar-refractivity contribution < 1.29 is 4.79 Å². The molecule has 0 unspecified atom stereocenters. The number of hydrogen-bond acceptors (Lipinski definition) is 5. The van der Waals surface area contributed by atoms with Crippen LogP contribution in [-0.4, -0.2) is 29.7 Å². The van der Waals surface area contributed by atoms with Crippen molar-refractivity contribution in [3.8, 4) is 0 Å². The Morgan fingerprint density at radius 3 is 2.63 bits per heavy atom. The van der Waals surface area contributed by atoms with E-state index in [1.54, 1.807) is 11.3 Å². The van der Waals surface area contributed by atoms with Gasteiger partial charge in [-0.2, -0.15) is 0 Å². The van der Waals surface area contributed by atoms with Gasteiger partial charge in [0.1, 0.15) is 5.01 Å². The second-order valence-corrected chi connectivity index (χ2v) is 14.1. The van der Waals surface area contributed by atoms with Crippen LogP contribution in [0.2, 0.25) is 0 Å². The van der Waals surface area contributed by atoms with Gasteiger partial charge < -0.3 is 10.6 Å². The Morgan fingerprint density at radius 2 is 1.91 bits per heavy atom. The third-order valence-electron chi connectivity index (χ3n) is 10.9. The van der Waals surface area contributed by atoms with Crippen LogP contribution in [0.3, 0.4) is 0 Å². The van der Waals surface area contributed by atoms with Crippen molar-refractivity contribution in [2.24, 2.45) is 46.3 Å². The van der Waals surface area contributed by atoms with Crippen molar-refractivity contribution in [2.45, 2.75) is 91.9 Å². The second-order valence-electron chi connectivity index (χ2n) is 13.1. The summed E-state index contributed by atoms with van der Waals surface area (Å²) in [6, 6.07) is 0. The Hall–Kier alpha value is -1.43. The molecule has 3 aliphatic carbocycles.